The first-order valence-electron chi connectivity index (χ1n) is 48.5. The molecule has 4 rings (SSSR count). The third-order valence-electron chi connectivity index (χ3n) is 22.7. The summed E-state index contributed by atoms with van der Waals surface area (Å²) < 4.78 is 75.9. The number of non-ortho nitro benzene ring substituents is 1. The zero-order valence-electron chi connectivity index (χ0n) is 101. The molecule has 0 unspecified atom stereocenters. The van der Waals surface area contributed by atoms with Gasteiger partial charge >= 0.3 is 27.6 Å². The number of hydrogen-bond donors (Lipinski definition) is 4. The molecule has 0 radical (unpaired) electrons. The van der Waals surface area contributed by atoms with Crippen LogP contribution in [-0.4, -0.2) is 511 Å². The topological polar surface area (TPSA) is 292 Å². The van der Waals surface area contributed by atoms with E-state index in [-0.39, 0.29) is 27.3 Å². The number of hydrogen-bond acceptors (Lipinski definition) is 11. The average Bonchev–Trinajstić information content (AvgIpc) is 0.720. The number of benzene rings is 3. The van der Waals surface area contributed by atoms with Crippen LogP contribution in [0.15, 0.2) is 108 Å². The number of para-hydroxylation sites is 2. The number of nitrogens with one attached hydrogen (secondary N) is 4. The molecule has 3 aromatic rings. The Hall–Kier alpha value is -7.08. The minimum Gasteiger partial charge on any atom is -0.346 e. The van der Waals surface area contributed by atoms with E-state index >= 15 is 0 Å². The molecule has 0 spiro atoms. The minimum absolute atomic E-state index is 0.0514. The molecule has 0 atom stereocenters. The van der Waals surface area contributed by atoms with Gasteiger partial charge in [0.25, 0.3) is 17.6 Å². The predicted octanol–water partition coefficient (Wildman–Crippen LogP) is 16.2. The summed E-state index contributed by atoms with van der Waals surface area (Å²) in [7, 11) is 81.0. The quantitative estimate of drug-likeness (QED) is 0.0153. The molecule has 1 aliphatic rings. The molecule has 0 aromatic heterocycles. The largest absolute Gasteiger partial charge is 0.507 e. The molecular weight excluding hydrogens is 1920 g/mol. The minimum atomic E-state index is -3.43. The Kier molecular flexibility index (Phi) is 52.4. The van der Waals surface area contributed by atoms with Crippen LogP contribution in [0, 0.1) is 10.1 Å². The molecule has 0 heterocycles. The van der Waals surface area contributed by atoms with Crippen LogP contribution in [0.4, 0.5) is 22.7 Å². The van der Waals surface area contributed by atoms with Crippen LogP contribution in [0.3, 0.4) is 0 Å². The Balaban J connectivity index is 0.000000969. The number of aliphatic imine (C=N–C) groups is 2. The van der Waals surface area contributed by atoms with Gasteiger partial charge in [0, 0.05) is 142 Å². The van der Waals surface area contributed by atoms with E-state index in [4.69, 9.17) is 47.1 Å². The van der Waals surface area contributed by atoms with Gasteiger partial charge in [0.15, 0.2) is 0 Å². The number of rotatable bonds is 25. The van der Waals surface area contributed by atoms with Gasteiger partial charge in [0.1, 0.15) is 0 Å². The summed E-state index contributed by atoms with van der Waals surface area (Å²) in [6.45, 7) is 27.3. The summed E-state index contributed by atoms with van der Waals surface area (Å²) in [5.41, 5.74) is 7.92. The second kappa shape index (κ2) is 56.0. The second-order valence-electron chi connectivity index (χ2n) is 44.7. The molecule has 0 bridgehead atoms. The molecule has 1 fully saturated rings. The Morgan fingerprint density at radius 1 is 0.322 bits per heavy atom. The van der Waals surface area contributed by atoms with Crippen molar-refractivity contribution in [3.63, 3.8) is 0 Å². The second-order valence-corrected chi connectivity index (χ2v) is 64.4. The zero-order valence-corrected chi connectivity index (χ0v) is 106. The predicted molar refractivity (Wildman–Crippen MR) is 633 cm³/mol. The molecular formula is C96H205N39O2P6+4. The third kappa shape index (κ3) is 36.7. The summed E-state index contributed by atoms with van der Waals surface area (Å²) in [5.74, 6) is 6.01. The molecule has 0 amide bonds. The number of nitrogens with zero attached hydrogens (tertiary/aromatic N) is 35. The van der Waals surface area contributed by atoms with Crippen molar-refractivity contribution < 1.29 is 14.1 Å². The van der Waals surface area contributed by atoms with Crippen LogP contribution < -0.4 is 21.3 Å². The van der Waals surface area contributed by atoms with Crippen molar-refractivity contribution in [2.45, 2.75) is 143 Å². The number of guanidine groups is 8. The fraction of sp³-hybridized carbons (Fsp3) is 0.729. The highest BCUT2D eigenvalue weighted by atomic mass is 31.3. The van der Waals surface area contributed by atoms with E-state index in [1.165, 1.54) is 53.6 Å². The lowest BCUT2D eigenvalue weighted by molar-refractivity contribution is -0.471. The van der Waals surface area contributed by atoms with Gasteiger partial charge in [-0.15, -0.1) is 0 Å². The molecule has 47 heteroatoms. The van der Waals surface area contributed by atoms with Gasteiger partial charge in [-0.2, -0.15) is 0 Å². The van der Waals surface area contributed by atoms with Crippen molar-refractivity contribution in [1.29, 1.82) is 0 Å². The van der Waals surface area contributed by atoms with Gasteiger partial charge in [-0.25, -0.2) is 66.4 Å². The van der Waals surface area contributed by atoms with E-state index in [0.29, 0.717) is 18.0 Å². The molecule has 0 aliphatic heterocycles. The molecule has 3 aromatic carbocycles. The molecule has 143 heavy (non-hydrogen) atoms. The van der Waals surface area contributed by atoms with Crippen LogP contribution >= 0.6 is 45.8 Å². The van der Waals surface area contributed by atoms with Crippen molar-refractivity contribution in [3.8, 4) is 0 Å². The first kappa shape index (κ1) is 134. The summed E-state index contributed by atoms with van der Waals surface area (Å²) in [5, 5.41) is 25.1. The molecule has 822 valence electrons. The summed E-state index contributed by atoms with van der Waals surface area (Å²) in [4.78, 5) is 40.2. The maximum Gasteiger partial charge on any atom is 0.507 e. The van der Waals surface area contributed by atoms with Crippen molar-refractivity contribution in [1.82, 2.24) is 110 Å². The molecule has 0 saturated heterocycles. The molecule has 4 N–H and O–H groups in total. The maximum atomic E-state index is 10.8. The van der Waals surface area contributed by atoms with Crippen molar-refractivity contribution in [2.24, 2.45) is 47.1 Å². The summed E-state index contributed by atoms with van der Waals surface area (Å²) >= 11 is 0. The van der Waals surface area contributed by atoms with Crippen LogP contribution in [0.25, 0.3) is 0 Å². The SMILES string of the molecule is CN(C)C(=N[P+](N=C(N(C)C)N(C)C)(N=C(N(C)C)N(C)C)N=C(N(C)C)N(C)C)N(C)C.CN(C)C(N=C(Nc1c(C(C)(C)C)cccc1C(C)(C)C)Nc1c(C(C)(C)C)cccc1C(C)(C)C)=[N+](C)C.CN(C)C(NC(=NC1CCCCC1)Nc1ccc([N+](=O)[O-])cc1)=[N+](C)C.CN(C)P(=N[P+](N=P(N(C)C)(N(C)C)N(C)C)(N=P(N(C)C)(N(C)C)N(C)C)N=P(N(C)C)(N(C)C)N(C)C)(N(C)C)N(C)C. The van der Waals surface area contributed by atoms with Crippen LogP contribution in [-0.2, 0) is 21.7 Å². The highest BCUT2D eigenvalue weighted by molar-refractivity contribution is 7.88. The van der Waals surface area contributed by atoms with Crippen molar-refractivity contribution >= 4 is 116 Å². The normalized spacial score (nSPS) is 13.3. The van der Waals surface area contributed by atoms with E-state index in [1.807, 2.05) is 227 Å². The molecule has 1 saturated carbocycles. The molecule has 1 aliphatic carbocycles. The zero-order chi connectivity index (χ0) is 112. The van der Waals surface area contributed by atoms with Gasteiger partial charge in [-0.1, -0.05) is 139 Å². The fourth-order valence-electron chi connectivity index (χ4n) is 16.9. The number of nitro benzene ring substituents is 1. The Morgan fingerprint density at radius 3 is 0.755 bits per heavy atom. The first-order chi connectivity index (χ1) is 65.0. The molecule has 41 nitrogen and oxygen atoms in total. The van der Waals surface area contributed by atoms with E-state index in [0.717, 1.165) is 65.7 Å². The van der Waals surface area contributed by atoms with Crippen molar-refractivity contribution in [3.05, 3.63) is 93.0 Å². The maximum absolute atomic E-state index is 10.8. The van der Waals surface area contributed by atoms with Gasteiger partial charge in [0.05, 0.1) is 67.3 Å². The smallest absolute Gasteiger partial charge is 0.346 e. The standard InChI is InChI=1S/C34H55N5.C24H72N16P5.C20H48N12P.C18H28N6O2/c1-31(2,3)23-19-17-20-24(32(4,5)6)27(23)35-29(37-30(38(13)14)39(15)16)36-28-25(33(7,8)9)21-18-22-26(28)34(10,11)12;1-29(2)42(30(3)4,31(5)6)25-41(26-43(32(7)8,33(9)10)34(11)12,27-44(35(13)14,36(15)16)37(17)18)28-45(38(19)20,39(21)22)40(23)24;1-25(2)17(26(3)4)21-33(22-18(27(5)6)28(7)8,23-19(29(9)10)30(11)12)24-20(31(13)14)32(15)16;1-22(2)18(23(3)4)21-17(19-14-8-6-5-7-9-14)20-15-10-12-16(13-11-15)24(25)26/h17-22H,1-16H3,(H,35,36);1-24H3;1-16H3;10-14H,5-9H2,1-4H3,(H,19,20)/q;2*+1;/p+2. The van der Waals surface area contributed by atoms with Crippen molar-refractivity contribution in [2.75, 3.05) is 354 Å². The van der Waals surface area contributed by atoms with E-state index in [1.54, 1.807) is 12.1 Å². The Bertz CT molecular complexity index is 4420. The monoisotopic (exact) mass is 2120 g/mol. The van der Waals surface area contributed by atoms with E-state index in [2.05, 4.69) is 366 Å². The highest BCUT2D eigenvalue weighted by Crippen LogP contribution is 2.86. The lowest BCUT2D eigenvalue weighted by Crippen LogP contribution is -2.47. The van der Waals surface area contributed by atoms with Gasteiger partial charge in [0.2, 0.25) is 53.9 Å². The summed E-state index contributed by atoms with van der Waals surface area (Å²) in [6.07, 6.45) is 5.87. The summed E-state index contributed by atoms with van der Waals surface area (Å²) in [6, 6.07) is 20.0. The van der Waals surface area contributed by atoms with Crippen LogP contribution in [0.5, 0.6) is 0 Å². The van der Waals surface area contributed by atoms with Gasteiger partial charge < -0.3 is 55.1 Å². The van der Waals surface area contributed by atoms with Gasteiger partial charge in [-0.3, -0.25) is 29.1 Å². The van der Waals surface area contributed by atoms with E-state index < -0.39 is 50.7 Å². The third-order valence-corrected chi connectivity index (χ3v) is 45.0. The Labute approximate surface area is 872 Å². The first-order valence-corrected chi connectivity index (χ1v) is 58.1. The van der Waals surface area contributed by atoms with Crippen LogP contribution in [0.1, 0.15) is 137 Å². The fourth-order valence-corrected chi connectivity index (χ4v) is 43.7. The van der Waals surface area contributed by atoms with Gasteiger partial charge in [-0.05, 0) is 280 Å². The Morgan fingerprint density at radius 2 is 0.566 bits per heavy atom. The lowest BCUT2D eigenvalue weighted by Gasteiger charge is -2.44. The number of anilines is 3. The number of nitro groups is 1. The van der Waals surface area contributed by atoms with Crippen LogP contribution in [0.2, 0.25) is 0 Å². The average molecular weight is 2120 g/mol. The van der Waals surface area contributed by atoms with E-state index in [9.17, 15) is 10.1 Å². The lowest BCUT2D eigenvalue weighted by atomic mass is 9.78. The highest BCUT2D eigenvalue weighted by Gasteiger charge is 2.57.